The Morgan fingerprint density at radius 3 is 2.55 bits per heavy atom. The first-order valence-electron chi connectivity index (χ1n) is 10.9. The lowest BCUT2D eigenvalue weighted by molar-refractivity contribution is 0.313. The summed E-state index contributed by atoms with van der Waals surface area (Å²) in [6, 6.07) is 11.9. The Hall–Kier alpha value is -3.38. The molecule has 3 aromatic rings. The number of anilines is 2. The van der Waals surface area contributed by atoms with Gasteiger partial charge < -0.3 is 15.1 Å². The molecule has 1 aliphatic carbocycles. The quantitative estimate of drug-likeness (QED) is 0.705. The first-order chi connectivity index (χ1) is 15.2. The second kappa shape index (κ2) is 8.40. The summed E-state index contributed by atoms with van der Waals surface area (Å²) in [6.45, 7) is 3.79. The number of benzene rings is 1. The van der Waals surface area contributed by atoms with Crippen molar-refractivity contribution < 1.29 is 0 Å². The fraction of sp³-hybridized carbons (Fsp3) is 0.280. The molecular weight excluding hydrogens is 386 g/mol. The number of nitrogens with one attached hydrogen (secondary N) is 1. The van der Waals surface area contributed by atoms with Gasteiger partial charge in [0.15, 0.2) is 5.43 Å². The summed E-state index contributed by atoms with van der Waals surface area (Å²) in [5.74, 6) is 0.767. The smallest absolute Gasteiger partial charge is 0.193 e. The van der Waals surface area contributed by atoms with Crippen LogP contribution in [0.1, 0.15) is 12.8 Å². The van der Waals surface area contributed by atoms with Crippen molar-refractivity contribution in [2.75, 3.05) is 43.4 Å². The van der Waals surface area contributed by atoms with E-state index in [0.717, 1.165) is 67.4 Å². The van der Waals surface area contributed by atoms with Crippen LogP contribution in [0.15, 0.2) is 77.5 Å². The average molecular weight is 414 g/mol. The van der Waals surface area contributed by atoms with Crippen LogP contribution in [0, 0.1) is 0 Å². The van der Waals surface area contributed by atoms with E-state index < -0.39 is 0 Å². The van der Waals surface area contributed by atoms with Crippen LogP contribution >= 0.6 is 0 Å². The van der Waals surface area contributed by atoms with Gasteiger partial charge in [-0.05, 0) is 38.1 Å². The van der Waals surface area contributed by atoms with Gasteiger partial charge in [0, 0.05) is 49.8 Å². The number of nitrogens with zero attached hydrogens (tertiary/aromatic N) is 4. The van der Waals surface area contributed by atoms with Gasteiger partial charge in [0.25, 0.3) is 0 Å². The van der Waals surface area contributed by atoms with Crippen molar-refractivity contribution in [1.82, 2.24) is 14.5 Å². The van der Waals surface area contributed by atoms with Gasteiger partial charge in [0.1, 0.15) is 5.82 Å². The summed E-state index contributed by atoms with van der Waals surface area (Å²) in [6.07, 6.45) is 12.1. The van der Waals surface area contributed by atoms with E-state index in [1.54, 1.807) is 12.3 Å². The van der Waals surface area contributed by atoms with Crippen LogP contribution in [0.5, 0.6) is 0 Å². The molecule has 6 heteroatoms. The number of hydrogen-bond donors (Lipinski definition) is 1. The predicted molar refractivity (Wildman–Crippen MR) is 127 cm³/mol. The molecule has 1 saturated heterocycles. The highest BCUT2D eigenvalue weighted by molar-refractivity contribution is 5.93. The van der Waals surface area contributed by atoms with Gasteiger partial charge in [0.05, 0.1) is 22.8 Å². The zero-order chi connectivity index (χ0) is 21.2. The van der Waals surface area contributed by atoms with Gasteiger partial charge in [-0.15, -0.1) is 0 Å². The second-order valence-electron chi connectivity index (χ2n) is 8.17. The molecule has 0 amide bonds. The average Bonchev–Trinajstić information content (AvgIpc) is 2.81. The zero-order valence-corrected chi connectivity index (χ0v) is 17.8. The molecule has 5 rings (SSSR count). The summed E-state index contributed by atoms with van der Waals surface area (Å²) < 4.78 is 2.16. The van der Waals surface area contributed by atoms with Crippen LogP contribution in [0.2, 0.25) is 0 Å². The zero-order valence-electron chi connectivity index (χ0n) is 17.8. The maximum Gasteiger partial charge on any atom is 0.193 e. The normalized spacial score (nSPS) is 17.1. The predicted octanol–water partition coefficient (Wildman–Crippen LogP) is 3.78. The standard InChI is InChI=1S/C25H27N5O/c1-28-12-14-29(15-13-28)22-18-26-17-21-23(31)16-24(27-19-8-4-2-5-9-19)30(25(21)22)20-10-6-3-7-11-20/h3-4,6-11,16-18,27H,2,5,12-15H2,1H3. The molecule has 3 heterocycles. The monoisotopic (exact) mass is 413 g/mol. The van der Waals surface area contributed by atoms with E-state index in [-0.39, 0.29) is 5.43 Å². The number of piperazine rings is 1. The highest BCUT2D eigenvalue weighted by Crippen LogP contribution is 2.31. The van der Waals surface area contributed by atoms with Gasteiger partial charge in [-0.2, -0.15) is 0 Å². The third kappa shape index (κ3) is 3.86. The van der Waals surface area contributed by atoms with Crippen LogP contribution in [-0.2, 0) is 0 Å². The molecule has 0 spiro atoms. The minimum Gasteiger partial charge on any atom is -0.366 e. The number of para-hydroxylation sites is 1. The molecule has 2 aromatic heterocycles. The minimum absolute atomic E-state index is 0.0199. The first kappa shape index (κ1) is 19.6. The topological polar surface area (TPSA) is 53.4 Å². The first-order valence-corrected chi connectivity index (χ1v) is 10.9. The number of pyridine rings is 2. The number of allylic oxidation sites excluding steroid dienone is 3. The van der Waals surface area contributed by atoms with E-state index in [1.807, 2.05) is 24.4 Å². The van der Waals surface area contributed by atoms with E-state index in [1.165, 1.54) is 0 Å². The lowest BCUT2D eigenvalue weighted by Gasteiger charge is -2.35. The van der Waals surface area contributed by atoms with E-state index >= 15 is 0 Å². The molecule has 2 aliphatic rings. The van der Waals surface area contributed by atoms with Gasteiger partial charge >= 0.3 is 0 Å². The molecule has 0 atom stereocenters. The van der Waals surface area contributed by atoms with Crippen LogP contribution in [0.3, 0.4) is 0 Å². The molecule has 0 bridgehead atoms. The van der Waals surface area contributed by atoms with Crippen LogP contribution in [0.25, 0.3) is 16.6 Å². The Kier molecular flexibility index (Phi) is 5.30. The van der Waals surface area contributed by atoms with Crippen LogP contribution in [-0.4, -0.2) is 47.7 Å². The van der Waals surface area contributed by atoms with Crippen LogP contribution < -0.4 is 15.6 Å². The molecule has 0 saturated carbocycles. The Labute approximate surface area is 182 Å². The van der Waals surface area contributed by atoms with Crippen molar-refractivity contribution in [3.63, 3.8) is 0 Å². The highest BCUT2D eigenvalue weighted by Gasteiger charge is 2.21. The Morgan fingerprint density at radius 2 is 1.81 bits per heavy atom. The molecule has 1 fully saturated rings. The van der Waals surface area contributed by atoms with Gasteiger partial charge in [-0.25, -0.2) is 0 Å². The molecule has 0 radical (unpaired) electrons. The number of hydrogen-bond acceptors (Lipinski definition) is 5. The molecule has 1 aliphatic heterocycles. The number of aromatic nitrogens is 2. The van der Waals surface area contributed by atoms with Crippen molar-refractivity contribution in [3.8, 4) is 5.69 Å². The SMILES string of the molecule is CN1CCN(c2cncc3c(=O)cc(NC4=CCCC=C4)n(-c4ccccc4)c23)CC1. The van der Waals surface area contributed by atoms with E-state index in [0.29, 0.717) is 5.39 Å². The minimum atomic E-state index is -0.0199. The number of rotatable bonds is 4. The summed E-state index contributed by atoms with van der Waals surface area (Å²) in [7, 11) is 2.14. The molecule has 1 aromatic carbocycles. The maximum absolute atomic E-state index is 13.2. The van der Waals surface area contributed by atoms with Gasteiger partial charge in [-0.1, -0.05) is 30.4 Å². The van der Waals surface area contributed by atoms with Gasteiger partial charge in [0.2, 0.25) is 0 Å². The third-order valence-electron chi connectivity index (χ3n) is 6.02. The van der Waals surface area contributed by atoms with Crippen molar-refractivity contribution in [2.45, 2.75) is 12.8 Å². The van der Waals surface area contributed by atoms with E-state index in [9.17, 15) is 4.79 Å². The largest absolute Gasteiger partial charge is 0.366 e. The Morgan fingerprint density at radius 1 is 1.00 bits per heavy atom. The molecular formula is C25H27N5O. The van der Waals surface area contributed by atoms with E-state index in [4.69, 9.17) is 0 Å². The van der Waals surface area contributed by atoms with Crippen LogP contribution in [0.4, 0.5) is 11.5 Å². The van der Waals surface area contributed by atoms with Gasteiger partial charge in [-0.3, -0.25) is 14.3 Å². The number of likely N-dealkylation sites (N-methyl/N-ethyl adjacent to an activating group) is 1. The van der Waals surface area contributed by atoms with Crippen molar-refractivity contribution in [1.29, 1.82) is 0 Å². The molecule has 31 heavy (non-hydrogen) atoms. The Bertz CT molecular complexity index is 1200. The third-order valence-corrected chi connectivity index (χ3v) is 6.02. The fourth-order valence-corrected chi connectivity index (χ4v) is 4.31. The van der Waals surface area contributed by atoms with E-state index in [2.05, 4.69) is 62.1 Å². The molecule has 0 unspecified atom stereocenters. The summed E-state index contributed by atoms with van der Waals surface area (Å²) in [5, 5.41) is 4.15. The lowest BCUT2D eigenvalue weighted by Crippen LogP contribution is -2.44. The summed E-state index contributed by atoms with van der Waals surface area (Å²) in [4.78, 5) is 22.3. The Balaban J connectivity index is 1.75. The molecule has 6 nitrogen and oxygen atoms in total. The summed E-state index contributed by atoms with van der Waals surface area (Å²) >= 11 is 0. The highest BCUT2D eigenvalue weighted by atomic mass is 16.1. The van der Waals surface area contributed by atoms with Crippen molar-refractivity contribution >= 4 is 22.4 Å². The second-order valence-corrected chi connectivity index (χ2v) is 8.17. The maximum atomic E-state index is 13.2. The fourth-order valence-electron chi connectivity index (χ4n) is 4.31. The molecule has 1 N–H and O–H groups in total. The summed E-state index contributed by atoms with van der Waals surface area (Å²) in [5.41, 5.74) is 3.92. The van der Waals surface area contributed by atoms with Crippen molar-refractivity contribution in [3.05, 3.63) is 82.9 Å². The lowest BCUT2D eigenvalue weighted by atomic mass is 10.1. The number of fused-ring (bicyclic) bond motifs is 1. The molecule has 158 valence electrons. The van der Waals surface area contributed by atoms with Crippen molar-refractivity contribution in [2.24, 2.45) is 0 Å².